The molecule has 1 aromatic rings. The Morgan fingerprint density at radius 1 is 1.19 bits per heavy atom. The van der Waals surface area contributed by atoms with Crippen molar-refractivity contribution in [2.24, 2.45) is 5.73 Å². The first-order valence-corrected chi connectivity index (χ1v) is 7.98. The zero-order chi connectivity index (χ0) is 15.6. The van der Waals surface area contributed by atoms with Crippen molar-refractivity contribution in [3.8, 4) is 0 Å². The van der Waals surface area contributed by atoms with Gasteiger partial charge in [0.2, 0.25) is 0 Å². The van der Waals surface area contributed by atoms with Gasteiger partial charge in [-0.15, -0.1) is 0 Å². The predicted molar refractivity (Wildman–Crippen MR) is 87.3 cm³/mol. The summed E-state index contributed by atoms with van der Waals surface area (Å²) in [5, 5.41) is 0. The number of nitrogens with two attached hydrogens (primary N) is 1. The van der Waals surface area contributed by atoms with Gasteiger partial charge in [0, 0.05) is 44.0 Å². The second-order valence-corrected chi connectivity index (χ2v) is 6.23. The van der Waals surface area contributed by atoms with Crippen molar-refractivity contribution < 1.29 is 4.39 Å². The molecule has 0 saturated carbocycles. The Kier molecular flexibility index (Phi) is 5.22. The summed E-state index contributed by atoms with van der Waals surface area (Å²) in [5.41, 5.74) is 8.74. The largest absolute Gasteiger partial charge is 0.369 e. The molecule has 2 N–H and O–H groups in total. The molecule has 0 bridgehead atoms. The highest BCUT2D eigenvalue weighted by molar-refractivity contribution is 5.57. The van der Waals surface area contributed by atoms with E-state index < -0.39 is 0 Å². The van der Waals surface area contributed by atoms with Crippen LogP contribution in [0.1, 0.15) is 44.4 Å². The van der Waals surface area contributed by atoms with Gasteiger partial charge >= 0.3 is 0 Å². The van der Waals surface area contributed by atoms with Gasteiger partial charge in [-0.3, -0.25) is 4.90 Å². The molecule has 1 fully saturated rings. The van der Waals surface area contributed by atoms with E-state index in [4.69, 9.17) is 5.73 Å². The van der Waals surface area contributed by atoms with Crippen LogP contribution in [-0.2, 0) is 0 Å². The van der Waals surface area contributed by atoms with E-state index in [0.29, 0.717) is 11.6 Å². The fourth-order valence-corrected chi connectivity index (χ4v) is 2.98. The number of rotatable bonds is 4. The fraction of sp³-hybridized carbons (Fsp3) is 0.647. The first-order chi connectivity index (χ1) is 9.93. The van der Waals surface area contributed by atoms with E-state index in [9.17, 15) is 4.39 Å². The number of benzene rings is 1. The van der Waals surface area contributed by atoms with Gasteiger partial charge in [-0.25, -0.2) is 4.39 Å². The van der Waals surface area contributed by atoms with E-state index in [1.807, 2.05) is 19.9 Å². The molecule has 1 heterocycles. The molecule has 0 amide bonds. The summed E-state index contributed by atoms with van der Waals surface area (Å²) in [5.74, 6) is -0.163. The molecule has 1 aromatic carbocycles. The molecule has 4 heteroatoms. The zero-order valence-electron chi connectivity index (χ0n) is 13.7. The number of nitrogens with zero attached hydrogens (tertiary/aromatic N) is 2. The van der Waals surface area contributed by atoms with Gasteiger partial charge in [0.1, 0.15) is 5.82 Å². The molecule has 1 saturated heterocycles. The van der Waals surface area contributed by atoms with Gasteiger partial charge in [-0.2, -0.15) is 0 Å². The maximum atomic E-state index is 13.8. The lowest BCUT2D eigenvalue weighted by molar-refractivity contribution is 0.192. The second kappa shape index (κ2) is 6.75. The highest BCUT2D eigenvalue weighted by Gasteiger charge is 2.23. The Morgan fingerprint density at radius 3 is 2.33 bits per heavy atom. The molecule has 1 aliphatic rings. The number of aryl methyl sites for hydroxylation is 1. The third-order valence-corrected chi connectivity index (χ3v) is 4.67. The van der Waals surface area contributed by atoms with Crippen molar-refractivity contribution in [2.75, 3.05) is 31.1 Å². The molecule has 1 aliphatic heterocycles. The van der Waals surface area contributed by atoms with E-state index in [1.54, 1.807) is 6.07 Å². The quantitative estimate of drug-likeness (QED) is 0.926. The van der Waals surface area contributed by atoms with Crippen LogP contribution in [0.15, 0.2) is 12.1 Å². The Bertz CT molecular complexity index is 479. The van der Waals surface area contributed by atoms with Crippen LogP contribution in [0.25, 0.3) is 0 Å². The predicted octanol–water partition coefficient (Wildman–Crippen LogP) is 3.07. The van der Waals surface area contributed by atoms with Crippen molar-refractivity contribution in [2.45, 2.75) is 46.2 Å². The topological polar surface area (TPSA) is 32.5 Å². The minimum absolute atomic E-state index is 0.150. The van der Waals surface area contributed by atoms with Crippen molar-refractivity contribution in [3.05, 3.63) is 29.1 Å². The van der Waals surface area contributed by atoms with E-state index in [1.165, 1.54) is 6.42 Å². The number of hydrogen-bond donors (Lipinski definition) is 1. The van der Waals surface area contributed by atoms with E-state index in [0.717, 1.165) is 37.4 Å². The monoisotopic (exact) mass is 293 g/mol. The summed E-state index contributed by atoms with van der Waals surface area (Å²) in [6.07, 6.45) is 1.18. The van der Waals surface area contributed by atoms with Crippen molar-refractivity contribution in [1.82, 2.24) is 4.90 Å². The maximum Gasteiger partial charge on any atom is 0.126 e. The van der Waals surface area contributed by atoms with Crippen molar-refractivity contribution in [3.63, 3.8) is 0 Å². The first-order valence-electron chi connectivity index (χ1n) is 7.98. The second-order valence-electron chi connectivity index (χ2n) is 6.23. The summed E-state index contributed by atoms with van der Waals surface area (Å²) in [6, 6.07) is 4.04. The number of anilines is 1. The Hall–Kier alpha value is -1.13. The standard InChI is InChI=1S/C17H28FN3/c1-5-13(3)20-6-8-21(9-7-20)17-10-12(2)16(18)11-15(17)14(4)19/h10-11,13-14H,5-9,19H2,1-4H3/t13?,14-/m0/s1. The third kappa shape index (κ3) is 3.55. The summed E-state index contributed by atoms with van der Waals surface area (Å²) >= 11 is 0. The summed E-state index contributed by atoms with van der Waals surface area (Å²) in [6.45, 7) is 12.3. The van der Waals surface area contributed by atoms with Crippen LogP contribution < -0.4 is 10.6 Å². The van der Waals surface area contributed by atoms with Gasteiger partial charge < -0.3 is 10.6 Å². The molecule has 2 rings (SSSR count). The molecule has 118 valence electrons. The van der Waals surface area contributed by atoms with Gasteiger partial charge in [0.15, 0.2) is 0 Å². The molecule has 0 spiro atoms. The van der Waals surface area contributed by atoms with Crippen LogP contribution in [0, 0.1) is 12.7 Å². The SMILES string of the molecule is CCC(C)N1CCN(c2cc(C)c(F)cc2[C@H](C)N)CC1. The smallest absolute Gasteiger partial charge is 0.126 e. The van der Waals surface area contributed by atoms with Gasteiger partial charge in [-0.1, -0.05) is 6.92 Å². The molecule has 3 nitrogen and oxygen atoms in total. The summed E-state index contributed by atoms with van der Waals surface area (Å²) in [7, 11) is 0. The number of halogens is 1. The number of hydrogen-bond acceptors (Lipinski definition) is 3. The highest BCUT2D eigenvalue weighted by Crippen LogP contribution is 2.29. The average molecular weight is 293 g/mol. The Morgan fingerprint density at radius 2 is 1.81 bits per heavy atom. The molecule has 0 radical (unpaired) electrons. The third-order valence-electron chi connectivity index (χ3n) is 4.67. The highest BCUT2D eigenvalue weighted by atomic mass is 19.1. The summed E-state index contributed by atoms with van der Waals surface area (Å²) < 4.78 is 13.8. The van der Waals surface area contributed by atoms with Gasteiger partial charge in [-0.05, 0) is 50.5 Å². The molecule has 0 aromatic heterocycles. The van der Waals surface area contributed by atoms with Crippen LogP contribution in [0.2, 0.25) is 0 Å². The van der Waals surface area contributed by atoms with Crippen LogP contribution in [0.4, 0.5) is 10.1 Å². The van der Waals surface area contributed by atoms with Gasteiger partial charge in [0.25, 0.3) is 0 Å². The molecule has 0 aliphatic carbocycles. The van der Waals surface area contributed by atoms with E-state index in [-0.39, 0.29) is 11.9 Å². The zero-order valence-corrected chi connectivity index (χ0v) is 13.7. The lowest BCUT2D eigenvalue weighted by Crippen LogP contribution is -2.49. The lowest BCUT2D eigenvalue weighted by Gasteiger charge is -2.40. The molecule has 21 heavy (non-hydrogen) atoms. The minimum Gasteiger partial charge on any atom is -0.369 e. The van der Waals surface area contributed by atoms with Crippen LogP contribution in [0.3, 0.4) is 0 Å². The maximum absolute atomic E-state index is 13.8. The molecule has 2 atom stereocenters. The molecular weight excluding hydrogens is 265 g/mol. The van der Waals surface area contributed by atoms with E-state index in [2.05, 4.69) is 23.6 Å². The van der Waals surface area contributed by atoms with E-state index >= 15 is 0 Å². The summed E-state index contributed by atoms with van der Waals surface area (Å²) in [4.78, 5) is 4.88. The van der Waals surface area contributed by atoms with Gasteiger partial charge in [0.05, 0.1) is 0 Å². The fourth-order valence-electron chi connectivity index (χ4n) is 2.98. The average Bonchev–Trinajstić information content (AvgIpc) is 2.48. The van der Waals surface area contributed by atoms with Crippen LogP contribution in [-0.4, -0.2) is 37.1 Å². The molecule has 1 unspecified atom stereocenters. The molecular formula is C17H28FN3. The Balaban J connectivity index is 2.18. The van der Waals surface area contributed by atoms with Crippen LogP contribution in [0.5, 0.6) is 0 Å². The normalized spacial score (nSPS) is 19.6. The Labute approximate surface area is 127 Å². The lowest BCUT2D eigenvalue weighted by atomic mass is 10.0. The van der Waals surface area contributed by atoms with Crippen LogP contribution >= 0.6 is 0 Å². The first kappa shape index (κ1) is 16.2. The minimum atomic E-state index is -0.163. The number of piperazine rings is 1. The van der Waals surface area contributed by atoms with Crippen molar-refractivity contribution in [1.29, 1.82) is 0 Å². The van der Waals surface area contributed by atoms with Crippen molar-refractivity contribution >= 4 is 5.69 Å².